The molecule has 0 aromatic carbocycles. The Morgan fingerprint density at radius 2 is 2.25 bits per heavy atom. The Kier molecular flexibility index (Phi) is 9.38. The summed E-state index contributed by atoms with van der Waals surface area (Å²) in [6.07, 6.45) is 4.73. The molecule has 7 heteroatoms. The first-order chi connectivity index (χ1) is 8.69. The molecular weight excluding hydrogens is 317 g/mol. The van der Waals surface area contributed by atoms with Crippen molar-refractivity contribution in [3.05, 3.63) is 16.1 Å². The number of nitrogens with two attached hydrogens (primary N) is 1. The van der Waals surface area contributed by atoms with Crippen molar-refractivity contribution in [2.45, 2.75) is 45.1 Å². The molecule has 0 bridgehead atoms. The minimum absolute atomic E-state index is 0. The molecule has 1 aliphatic rings. The van der Waals surface area contributed by atoms with Crippen LogP contribution >= 0.6 is 36.2 Å². The lowest BCUT2D eigenvalue weighted by Gasteiger charge is -2.15. The minimum Gasteiger partial charge on any atom is -0.352 e. The summed E-state index contributed by atoms with van der Waals surface area (Å²) in [6, 6.07) is 0.194. The van der Waals surface area contributed by atoms with Crippen LogP contribution in [0.3, 0.4) is 0 Å². The van der Waals surface area contributed by atoms with E-state index in [1.807, 2.05) is 6.92 Å². The molecule has 1 aromatic rings. The third-order valence-corrected chi connectivity index (χ3v) is 4.12. The molecule has 3 N–H and O–H groups in total. The van der Waals surface area contributed by atoms with Gasteiger partial charge >= 0.3 is 0 Å². The van der Waals surface area contributed by atoms with Crippen LogP contribution in [0.4, 0.5) is 0 Å². The van der Waals surface area contributed by atoms with Gasteiger partial charge in [0.1, 0.15) is 0 Å². The van der Waals surface area contributed by atoms with Gasteiger partial charge in [0.05, 0.1) is 10.7 Å². The Morgan fingerprint density at radius 3 is 2.75 bits per heavy atom. The Bertz CT molecular complexity index is 410. The molecule has 4 nitrogen and oxygen atoms in total. The zero-order valence-electron chi connectivity index (χ0n) is 11.6. The number of nitrogens with zero attached hydrogens (tertiary/aromatic N) is 1. The second-order valence-corrected chi connectivity index (χ2v) is 6.02. The van der Waals surface area contributed by atoms with Crippen LogP contribution in [0.5, 0.6) is 0 Å². The van der Waals surface area contributed by atoms with E-state index in [-0.39, 0.29) is 36.8 Å². The van der Waals surface area contributed by atoms with Crippen LogP contribution < -0.4 is 11.1 Å². The quantitative estimate of drug-likeness (QED) is 0.801. The smallest absolute Gasteiger partial charge is 0.220 e. The molecule has 2 rings (SSSR count). The van der Waals surface area contributed by atoms with E-state index < -0.39 is 0 Å². The summed E-state index contributed by atoms with van der Waals surface area (Å²) in [7, 11) is 0. The van der Waals surface area contributed by atoms with E-state index in [9.17, 15) is 4.79 Å². The number of nitrogens with one attached hydrogen (secondary N) is 1. The number of aryl methyl sites for hydroxylation is 2. The van der Waals surface area contributed by atoms with Gasteiger partial charge in [0, 0.05) is 24.4 Å². The van der Waals surface area contributed by atoms with Crippen LogP contribution in [0.25, 0.3) is 0 Å². The summed E-state index contributed by atoms with van der Waals surface area (Å²) in [5.41, 5.74) is 6.76. The highest BCUT2D eigenvalue weighted by molar-refractivity contribution is 7.09. The first-order valence-electron chi connectivity index (χ1n) is 6.59. The highest BCUT2D eigenvalue weighted by atomic mass is 35.5. The van der Waals surface area contributed by atoms with Crippen molar-refractivity contribution >= 4 is 42.1 Å². The maximum Gasteiger partial charge on any atom is 0.220 e. The van der Waals surface area contributed by atoms with Crippen LogP contribution in [0.1, 0.15) is 36.4 Å². The molecule has 0 aliphatic heterocycles. The Balaban J connectivity index is 0.00000180. The van der Waals surface area contributed by atoms with Crippen LogP contribution in [0.2, 0.25) is 0 Å². The molecule has 1 atom stereocenters. The molecule has 1 aromatic heterocycles. The highest BCUT2D eigenvalue weighted by Gasteiger charge is 2.30. The number of rotatable bonds is 7. The molecule has 1 saturated carbocycles. The van der Waals surface area contributed by atoms with Gasteiger partial charge in [0.25, 0.3) is 0 Å². The molecule has 20 heavy (non-hydrogen) atoms. The second kappa shape index (κ2) is 9.55. The number of hydrogen-bond donors (Lipinski definition) is 2. The average molecular weight is 340 g/mol. The lowest BCUT2D eigenvalue weighted by molar-refractivity contribution is -0.122. The number of thiazole rings is 1. The fraction of sp³-hybridized carbons (Fsp3) is 0.692. The predicted octanol–water partition coefficient (Wildman–Crippen LogP) is 2.47. The SMILES string of the molecule is Cc1nc(CCCC(=O)NC(CN)C2CC2)cs1.Cl.Cl. The van der Waals surface area contributed by atoms with Crippen molar-refractivity contribution < 1.29 is 4.79 Å². The molecule has 116 valence electrons. The molecule has 0 spiro atoms. The normalized spacial score (nSPS) is 14.9. The van der Waals surface area contributed by atoms with Gasteiger partial charge in [0.2, 0.25) is 5.91 Å². The Hall–Kier alpha value is -0.360. The van der Waals surface area contributed by atoms with Gasteiger partial charge in [-0.25, -0.2) is 4.98 Å². The van der Waals surface area contributed by atoms with E-state index in [2.05, 4.69) is 15.7 Å². The Morgan fingerprint density at radius 1 is 1.55 bits per heavy atom. The molecule has 1 heterocycles. The lowest BCUT2D eigenvalue weighted by Crippen LogP contribution is -2.41. The molecule has 1 amide bonds. The summed E-state index contributed by atoms with van der Waals surface area (Å²) < 4.78 is 0. The molecule has 1 aliphatic carbocycles. The maximum absolute atomic E-state index is 11.8. The first kappa shape index (κ1) is 19.6. The van der Waals surface area contributed by atoms with Crippen LogP contribution in [-0.4, -0.2) is 23.5 Å². The van der Waals surface area contributed by atoms with E-state index in [4.69, 9.17) is 5.73 Å². The largest absolute Gasteiger partial charge is 0.352 e. The summed E-state index contributed by atoms with van der Waals surface area (Å²) in [6.45, 7) is 2.56. The van der Waals surface area contributed by atoms with Gasteiger partial charge in [-0.2, -0.15) is 0 Å². The van der Waals surface area contributed by atoms with Gasteiger partial charge in [-0.15, -0.1) is 36.2 Å². The van der Waals surface area contributed by atoms with Gasteiger partial charge in [0.15, 0.2) is 0 Å². The third kappa shape index (κ3) is 6.39. The van der Waals surface area contributed by atoms with Crippen LogP contribution in [0, 0.1) is 12.8 Å². The summed E-state index contributed by atoms with van der Waals surface area (Å²) in [4.78, 5) is 16.1. The fourth-order valence-corrected chi connectivity index (χ4v) is 2.75. The maximum atomic E-state index is 11.8. The topological polar surface area (TPSA) is 68.0 Å². The van der Waals surface area contributed by atoms with Crippen molar-refractivity contribution in [3.63, 3.8) is 0 Å². The standard InChI is InChI=1S/C13H21N3OS.2ClH/c1-9-15-11(8-18-9)3-2-4-13(17)16-12(7-14)10-5-6-10;;/h8,10,12H,2-7,14H2,1H3,(H,16,17);2*1H. The second-order valence-electron chi connectivity index (χ2n) is 4.96. The van der Waals surface area contributed by atoms with Crippen molar-refractivity contribution in [2.75, 3.05) is 6.54 Å². The molecule has 1 fully saturated rings. The van der Waals surface area contributed by atoms with Gasteiger partial charge < -0.3 is 11.1 Å². The zero-order valence-corrected chi connectivity index (χ0v) is 14.1. The minimum atomic E-state index is 0. The Labute approximate surface area is 136 Å². The number of halogens is 2. The summed E-state index contributed by atoms with van der Waals surface area (Å²) in [5, 5.41) is 6.20. The van der Waals surface area contributed by atoms with Crippen molar-refractivity contribution in [3.8, 4) is 0 Å². The first-order valence-corrected chi connectivity index (χ1v) is 7.47. The van der Waals surface area contributed by atoms with E-state index >= 15 is 0 Å². The number of amides is 1. The number of hydrogen-bond acceptors (Lipinski definition) is 4. The van der Waals surface area contributed by atoms with Crippen molar-refractivity contribution in [1.82, 2.24) is 10.3 Å². The van der Waals surface area contributed by atoms with E-state index in [0.717, 1.165) is 23.5 Å². The highest BCUT2D eigenvalue weighted by Crippen LogP contribution is 2.32. The average Bonchev–Trinajstić information content (AvgIpc) is 3.10. The van der Waals surface area contributed by atoms with Gasteiger partial charge in [-0.05, 0) is 38.5 Å². The molecule has 1 unspecified atom stereocenters. The van der Waals surface area contributed by atoms with Crippen LogP contribution in [-0.2, 0) is 11.2 Å². The molecule has 0 saturated heterocycles. The fourth-order valence-electron chi connectivity index (χ4n) is 2.10. The van der Waals surface area contributed by atoms with Gasteiger partial charge in [-0.3, -0.25) is 4.79 Å². The number of carbonyl (C=O) groups excluding carboxylic acids is 1. The van der Waals surface area contributed by atoms with Gasteiger partial charge in [-0.1, -0.05) is 0 Å². The molecule has 0 radical (unpaired) electrons. The monoisotopic (exact) mass is 339 g/mol. The number of carbonyl (C=O) groups is 1. The summed E-state index contributed by atoms with van der Waals surface area (Å²) >= 11 is 1.66. The number of aromatic nitrogens is 1. The van der Waals surface area contributed by atoms with E-state index in [0.29, 0.717) is 18.9 Å². The van der Waals surface area contributed by atoms with E-state index in [1.54, 1.807) is 11.3 Å². The third-order valence-electron chi connectivity index (χ3n) is 3.29. The van der Waals surface area contributed by atoms with Crippen molar-refractivity contribution in [2.24, 2.45) is 11.7 Å². The zero-order chi connectivity index (χ0) is 13.0. The predicted molar refractivity (Wildman–Crippen MR) is 88.0 cm³/mol. The summed E-state index contributed by atoms with van der Waals surface area (Å²) in [5.74, 6) is 0.754. The van der Waals surface area contributed by atoms with E-state index in [1.165, 1.54) is 12.8 Å². The van der Waals surface area contributed by atoms with Crippen LogP contribution in [0.15, 0.2) is 5.38 Å². The van der Waals surface area contributed by atoms with Crippen molar-refractivity contribution in [1.29, 1.82) is 0 Å². The lowest BCUT2D eigenvalue weighted by atomic mass is 10.1. The molecular formula is C13H23Cl2N3OS.